The number of hydrogen-bond donors (Lipinski definition) is 1. The molecule has 0 saturated carbocycles. The van der Waals surface area contributed by atoms with E-state index in [0.717, 1.165) is 15.7 Å². The van der Waals surface area contributed by atoms with Crippen LogP contribution in [-0.4, -0.2) is 24.6 Å². The van der Waals surface area contributed by atoms with Crippen molar-refractivity contribution in [1.82, 2.24) is 5.32 Å². The Hall–Kier alpha value is -5.62. The van der Waals surface area contributed by atoms with Gasteiger partial charge < -0.3 is 14.2 Å². The van der Waals surface area contributed by atoms with Crippen molar-refractivity contribution < 1.29 is 28.6 Å². The monoisotopic (exact) mass is 517 g/mol. The van der Waals surface area contributed by atoms with Crippen molar-refractivity contribution in [1.29, 1.82) is 5.26 Å². The molecule has 2 aliphatic rings. The molecule has 9 nitrogen and oxygen atoms in total. The second kappa shape index (κ2) is 9.68. The number of anilines is 1. The first-order chi connectivity index (χ1) is 19.0. The number of hydrogen-bond acceptors (Lipinski definition) is 7. The SMILES string of the molecule is N#Cc1ccccc1COc1ccc2ccccc2c1/C=C1\C(=O)NC(=O)N(c2ccc3c(c2)OCO3)C1=O. The first-order valence-electron chi connectivity index (χ1n) is 12.0. The summed E-state index contributed by atoms with van der Waals surface area (Å²) in [5, 5.41) is 13.3. The predicted octanol–water partition coefficient (Wildman–Crippen LogP) is 4.69. The van der Waals surface area contributed by atoms with E-state index < -0.39 is 17.8 Å². The van der Waals surface area contributed by atoms with E-state index in [9.17, 15) is 19.6 Å². The Balaban J connectivity index is 1.42. The van der Waals surface area contributed by atoms with E-state index in [4.69, 9.17) is 14.2 Å². The van der Waals surface area contributed by atoms with Gasteiger partial charge in [0.15, 0.2) is 11.5 Å². The number of nitrogens with one attached hydrogen (secondary N) is 1. The second-order valence-electron chi connectivity index (χ2n) is 8.75. The molecule has 1 fully saturated rings. The molecule has 4 aromatic carbocycles. The number of amides is 4. The summed E-state index contributed by atoms with van der Waals surface area (Å²) < 4.78 is 16.8. The number of nitrogens with zero attached hydrogens (tertiary/aromatic N) is 2. The molecule has 190 valence electrons. The normalized spacial score (nSPS) is 15.4. The van der Waals surface area contributed by atoms with Crippen molar-refractivity contribution >= 4 is 40.4 Å². The van der Waals surface area contributed by atoms with Gasteiger partial charge >= 0.3 is 6.03 Å². The fourth-order valence-electron chi connectivity index (χ4n) is 4.52. The zero-order valence-electron chi connectivity index (χ0n) is 20.3. The molecule has 2 heterocycles. The van der Waals surface area contributed by atoms with Gasteiger partial charge in [0, 0.05) is 17.2 Å². The number of ether oxygens (including phenoxy) is 3. The number of carbonyl (C=O) groups is 3. The Kier molecular flexibility index (Phi) is 5.90. The second-order valence-corrected chi connectivity index (χ2v) is 8.75. The van der Waals surface area contributed by atoms with Gasteiger partial charge in [0.25, 0.3) is 11.8 Å². The molecule has 6 rings (SSSR count). The van der Waals surface area contributed by atoms with Gasteiger partial charge in [0.2, 0.25) is 6.79 Å². The largest absolute Gasteiger partial charge is 0.488 e. The minimum absolute atomic E-state index is 0.0330. The quantitative estimate of drug-likeness (QED) is 0.302. The Morgan fingerprint density at radius 3 is 2.62 bits per heavy atom. The number of nitriles is 1. The Bertz CT molecular complexity index is 1750. The lowest BCUT2D eigenvalue weighted by molar-refractivity contribution is -0.122. The van der Waals surface area contributed by atoms with Gasteiger partial charge in [0.05, 0.1) is 17.3 Å². The number of carbonyl (C=O) groups excluding carboxylic acids is 3. The molecule has 0 atom stereocenters. The molecule has 4 amide bonds. The van der Waals surface area contributed by atoms with Crippen LogP contribution in [-0.2, 0) is 16.2 Å². The van der Waals surface area contributed by atoms with E-state index in [0.29, 0.717) is 33.9 Å². The fourth-order valence-corrected chi connectivity index (χ4v) is 4.52. The lowest BCUT2D eigenvalue weighted by Crippen LogP contribution is -2.54. The number of urea groups is 1. The van der Waals surface area contributed by atoms with E-state index in [-0.39, 0.29) is 24.7 Å². The molecule has 0 spiro atoms. The van der Waals surface area contributed by atoms with Gasteiger partial charge in [0.1, 0.15) is 17.9 Å². The Labute approximate surface area is 222 Å². The summed E-state index contributed by atoms with van der Waals surface area (Å²) in [4.78, 5) is 40.1. The van der Waals surface area contributed by atoms with Gasteiger partial charge in [-0.3, -0.25) is 14.9 Å². The van der Waals surface area contributed by atoms with Crippen LogP contribution in [0.4, 0.5) is 10.5 Å². The molecule has 39 heavy (non-hydrogen) atoms. The maximum Gasteiger partial charge on any atom is 0.335 e. The Morgan fingerprint density at radius 1 is 0.949 bits per heavy atom. The summed E-state index contributed by atoms with van der Waals surface area (Å²) in [6.45, 7) is 0.130. The number of imide groups is 2. The van der Waals surface area contributed by atoms with Crippen LogP contribution in [0.5, 0.6) is 17.2 Å². The lowest BCUT2D eigenvalue weighted by atomic mass is 9.99. The third-order valence-corrected chi connectivity index (χ3v) is 6.46. The maximum atomic E-state index is 13.6. The highest BCUT2D eigenvalue weighted by molar-refractivity contribution is 6.39. The lowest BCUT2D eigenvalue weighted by Gasteiger charge is -2.26. The first-order valence-corrected chi connectivity index (χ1v) is 12.0. The molecule has 4 aromatic rings. The smallest absolute Gasteiger partial charge is 0.335 e. The number of rotatable bonds is 5. The fraction of sp³-hybridized carbons (Fsp3) is 0.0667. The number of benzene rings is 4. The highest BCUT2D eigenvalue weighted by Gasteiger charge is 2.37. The number of barbiturate groups is 1. The van der Waals surface area contributed by atoms with Crippen LogP contribution in [0.2, 0.25) is 0 Å². The maximum absolute atomic E-state index is 13.6. The van der Waals surface area contributed by atoms with Crippen LogP contribution >= 0.6 is 0 Å². The molecule has 0 unspecified atom stereocenters. The molecule has 1 N–H and O–H groups in total. The summed E-state index contributed by atoms with van der Waals surface area (Å²) in [6.07, 6.45) is 1.43. The topological polar surface area (TPSA) is 118 Å². The molecule has 0 aromatic heterocycles. The van der Waals surface area contributed by atoms with Gasteiger partial charge in [-0.25, -0.2) is 9.69 Å². The van der Waals surface area contributed by atoms with Gasteiger partial charge in [-0.1, -0.05) is 48.5 Å². The highest BCUT2D eigenvalue weighted by atomic mass is 16.7. The molecule has 0 bridgehead atoms. The van der Waals surface area contributed by atoms with Crippen molar-refractivity contribution in [2.75, 3.05) is 11.7 Å². The summed E-state index contributed by atoms with van der Waals surface area (Å²) in [5.74, 6) is -0.336. The van der Waals surface area contributed by atoms with Crippen molar-refractivity contribution in [2.45, 2.75) is 6.61 Å². The first kappa shape index (κ1) is 23.8. The standard InChI is InChI=1S/C30H19N3O6/c31-15-19-6-1-2-7-20(19)16-37-25-11-9-18-5-3-4-8-22(18)23(25)14-24-28(34)32-30(36)33(29(24)35)21-10-12-26-27(13-21)39-17-38-26/h1-14H,16-17H2,(H,32,34,36)/b24-14+. The molecule has 0 radical (unpaired) electrons. The minimum atomic E-state index is -0.872. The molecular weight excluding hydrogens is 498 g/mol. The van der Waals surface area contributed by atoms with Crippen LogP contribution in [0.15, 0.2) is 84.4 Å². The zero-order valence-corrected chi connectivity index (χ0v) is 20.3. The predicted molar refractivity (Wildman–Crippen MR) is 141 cm³/mol. The third kappa shape index (κ3) is 4.30. The third-order valence-electron chi connectivity index (χ3n) is 6.46. The van der Waals surface area contributed by atoms with Crippen molar-refractivity contribution in [3.63, 3.8) is 0 Å². The van der Waals surface area contributed by atoms with Gasteiger partial charge in [-0.2, -0.15) is 5.26 Å². The van der Waals surface area contributed by atoms with Crippen molar-refractivity contribution in [3.8, 4) is 23.3 Å². The van der Waals surface area contributed by atoms with Crippen LogP contribution in [0.1, 0.15) is 16.7 Å². The molecular formula is C30H19N3O6. The summed E-state index contributed by atoms with van der Waals surface area (Å²) in [6, 6.07) is 24.1. The van der Waals surface area contributed by atoms with E-state index in [1.165, 1.54) is 18.2 Å². The Morgan fingerprint density at radius 2 is 1.74 bits per heavy atom. The van der Waals surface area contributed by atoms with Crippen LogP contribution in [0.25, 0.3) is 16.8 Å². The van der Waals surface area contributed by atoms with Crippen LogP contribution in [0.3, 0.4) is 0 Å². The highest BCUT2D eigenvalue weighted by Crippen LogP contribution is 2.37. The average molecular weight is 517 g/mol. The van der Waals surface area contributed by atoms with E-state index >= 15 is 0 Å². The summed E-state index contributed by atoms with van der Waals surface area (Å²) in [5.41, 5.74) is 1.64. The molecule has 0 aliphatic carbocycles. The average Bonchev–Trinajstić information content (AvgIpc) is 3.42. The zero-order chi connectivity index (χ0) is 26.9. The van der Waals surface area contributed by atoms with E-state index in [1.54, 1.807) is 30.3 Å². The van der Waals surface area contributed by atoms with Crippen molar-refractivity contribution in [3.05, 3.63) is 101 Å². The van der Waals surface area contributed by atoms with Crippen LogP contribution < -0.4 is 24.4 Å². The van der Waals surface area contributed by atoms with Gasteiger partial charge in [-0.05, 0) is 41.1 Å². The minimum Gasteiger partial charge on any atom is -0.488 e. The number of fused-ring (bicyclic) bond motifs is 2. The van der Waals surface area contributed by atoms with Gasteiger partial charge in [-0.15, -0.1) is 0 Å². The molecule has 2 aliphatic heterocycles. The summed E-state index contributed by atoms with van der Waals surface area (Å²) >= 11 is 0. The molecule has 1 saturated heterocycles. The summed E-state index contributed by atoms with van der Waals surface area (Å²) in [7, 11) is 0. The van der Waals surface area contributed by atoms with Crippen LogP contribution in [0, 0.1) is 11.3 Å². The van der Waals surface area contributed by atoms with E-state index in [1.807, 2.05) is 36.4 Å². The van der Waals surface area contributed by atoms with E-state index in [2.05, 4.69) is 11.4 Å². The molecule has 9 heteroatoms. The van der Waals surface area contributed by atoms with Crippen molar-refractivity contribution in [2.24, 2.45) is 0 Å².